The van der Waals surface area contributed by atoms with Crippen molar-refractivity contribution in [2.75, 3.05) is 0 Å². The molecule has 3 heteroatoms. The predicted molar refractivity (Wildman–Crippen MR) is 70.9 cm³/mol. The lowest BCUT2D eigenvalue weighted by Gasteiger charge is -2.14. The Kier molecular flexibility index (Phi) is 4.13. The van der Waals surface area contributed by atoms with E-state index in [0.29, 0.717) is 11.1 Å². The number of rotatable bonds is 4. The predicted octanol–water partition coefficient (Wildman–Crippen LogP) is 3.59. The van der Waals surface area contributed by atoms with Crippen LogP contribution in [0.2, 0.25) is 5.02 Å². The molecule has 17 heavy (non-hydrogen) atoms. The third-order valence-corrected chi connectivity index (χ3v) is 3.10. The summed E-state index contributed by atoms with van der Waals surface area (Å²) >= 11 is 6.05. The topological polar surface area (TPSA) is 24.9 Å². The summed E-state index contributed by atoms with van der Waals surface area (Å²) in [4.78, 5) is 3.97. The van der Waals surface area contributed by atoms with Gasteiger partial charge in [-0.25, -0.2) is 0 Å². The van der Waals surface area contributed by atoms with E-state index in [0.717, 1.165) is 12.1 Å². The first kappa shape index (κ1) is 12.1. The van der Waals surface area contributed by atoms with Gasteiger partial charge in [-0.3, -0.25) is 4.98 Å². The Morgan fingerprint density at radius 2 is 2.00 bits per heavy atom. The van der Waals surface area contributed by atoms with E-state index in [-0.39, 0.29) is 0 Å². The molecule has 0 aliphatic rings. The van der Waals surface area contributed by atoms with Crippen molar-refractivity contribution in [3.63, 3.8) is 0 Å². The number of benzene rings is 1. The maximum atomic E-state index is 6.05. The molecule has 0 spiro atoms. The molecule has 1 atom stereocenters. The molecule has 0 saturated heterocycles. The van der Waals surface area contributed by atoms with Gasteiger partial charge in [-0.15, -0.1) is 0 Å². The lowest BCUT2D eigenvalue weighted by atomic mass is 10.1. The summed E-state index contributed by atoms with van der Waals surface area (Å²) in [6.45, 7) is 2.89. The monoisotopic (exact) mass is 246 g/mol. The molecular weight excluding hydrogens is 232 g/mol. The first-order chi connectivity index (χ1) is 8.27. The fourth-order valence-electron chi connectivity index (χ4n) is 1.67. The highest BCUT2D eigenvalue weighted by atomic mass is 35.5. The second-order valence-electron chi connectivity index (χ2n) is 3.98. The summed E-state index contributed by atoms with van der Waals surface area (Å²) in [5.74, 6) is 0. The number of halogens is 1. The molecule has 2 aromatic rings. The van der Waals surface area contributed by atoms with E-state index in [4.69, 9.17) is 11.6 Å². The molecular formula is C14H15ClN2. The standard InChI is InChI=1S/C14H15ClN2/c1-11(12-5-3-2-4-6-12)17-9-13-7-8-16-10-14(13)15/h2-8,10-11,17H,9H2,1H3/t11-/m0/s1. The molecule has 1 heterocycles. The molecule has 0 amide bonds. The third kappa shape index (κ3) is 3.29. The molecule has 0 aliphatic carbocycles. The molecule has 0 radical (unpaired) electrons. The second-order valence-corrected chi connectivity index (χ2v) is 4.39. The summed E-state index contributed by atoms with van der Waals surface area (Å²) in [5.41, 5.74) is 2.35. The molecule has 0 fully saturated rings. The third-order valence-electron chi connectivity index (χ3n) is 2.75. The van der Waals surface area contributed by atoms with E-state index in [2.05, 4.69) is 29.4 Å². The molecule has 0 unspecified atom stereocenters. The van der Waals surface area contributed by atoms with Gasteiger partial charge in [0.2, 0.25) is 0 Å². The molecule has 0 saturated carbocycles. The minimum Gasteiger partial charge on any atom is -0.306 e. The summed E-state index contributed by atoms with van der Waals surface area (Å²) < 4.78 is 0. The van der Waals surface area contributed by atoms with Gasteiger partial charge in [-0.05, 0) is 24.1 Å². The summed E-state index contributed by atoms with van der Waals surface area (Å²) in [6, 6.07) is 12.6. The van der Waals surface area contributed by atoms with Crippen molar-refractivity contribution in [3.05, 3.63) is 64.9 Å². The van der Waals surface area contributed by atoms with Crippen LogP contribution in [0.1, 0.15) is 24.1 Å². The van der Waals surface area contributed by atoms with Crippen LogP contribution in [0, 0.1) is 0 Å². The van der Waals surface area contributed by atoms with Gasteiger partial charge in [0.05, 0.1) is 5.02 Å². The van der Waals surface area contributed by atoms with Crippen LogP contribution in [0.3, 0.4) is 0 Å². The smallest absolute Gasteiger partial charge is 0.0634 e. The number of hydrogen-bond acceptors (Lipinski definition) is 2. The highest BCUT2D eigenvalue weighted by molar-refractivity contribution is 6.31. The Balaban J connectivity index is 1.97. The molecule has 2 rings (SSSR count). The molecule has 88 valence electrons. The number of aromatic nitrogens is 1. The maximum absolute atomic E-state index is 6.05. The van der Waals surface area contributed by atoms with Crippen molar-refractivity contribution >= 4 is 11.6 Å². The fraction of sp³-hybridized carbons (Fsp3) is 0.214. The second kappa shape index (κ2) is 5.80. The normalized spacial score (nSPS) is 12.4. The van der Waals surface area contributed by atoms with Crippen LogP contribution >= 0.6 is 11.6 Å². The van der Waals surface area contributed by atoms with Gasteiger partial charge in [-0.2, -0.15) is 0 Å². The minimum atomic E-state index is 0.306. The lowest BCUT2D eigenvalue weighted by molar-refractivity contribution is 0.574. The Hall–Kier alpha value is -1.38. The van der Waals surface area contributed by atoms with Crippen LogP contribution in [-0.4, -0.2) is 4.98 Å². The van der Waals surface area contributed by atoms with E-state index >= 15 is 0 Å². The molecule has 0 bridgehead atoms. The van der Waals surface area contributed by atoms with Crippen molar-refractivity contribution in [3.8, 4) is 0 Å². The Morgan fingerprint density at radius 1 is 1.24 bits per heavy atom. The van der Waals surface area contributed by atoms with E-state index in [1.54, 1.807) is 12.4 Å². The largest absolute Gasteiger partial charge is 0.306 e. The van der Waals surface area contributed by atoms with Crippen LogP contribution in [-0.2, 0) is 6.54 Å². The Bertz CT molecular complexity index is 471. The first-order valence-electron chi connectivity index (χ1n) is 5.64. The molecule has 1 N–H and O–H groups in total. The van der Waals surface area contributed by atoms with Crippen LogP contribution in [0.25, 0.3) is 0 Å². The lowest BCUT2D eigenvalue weighted by Crippen LogP contribution is -2.18. The number of nitrogens with one attached hydrogen (secondary N) is 1. The summed E-state index contributed by atoms with van der Waals surface area (Å²) in [7, 11) is 0. The zero-order valence-electron chi connectivity index (χ0n) is 9.73. The average molecular weight is 247 g/mol. The van der Waals surface area contributed by atoms with Crippen molar-refractivity contribution in [1.82, 2.24) is 10.3 Å². The van der Waals surface area contributed by atoms with Crippen molar-refractivity contribution in [1.29, 1.82) is 0 Å². The maximum Gasteiger partial charge on any atom is 0.0634 e. The first-order valence-corrected chi connectivity index (χ1v) is 6.02. The zero-order valence-corrected chi connectivity index (χ0v) is 10.5. The van der Waals surface area contributed by atoms with E-state index < -0.39 is 0 Å². The molecule has 1 aromatic carbocycles. The van der Waals surface area contributed by atoms with Gasteiger partial charge in [0.1, 0.15) is 0 Å². The molecule has 1 aromatic heterocycles. The van der Waals surface area contributed by atoms with Crippen LogP contribution in [0.4, 0.5) is 0 Å². The Morgan fingerprint density at radius 3 is 2.71 bits per heavy atom. The summed E-state index contributed by atoms with van der Waals surface area (Å²) in [6.07, 6.45) is 3.43. The highest BCUT2D eigenvalue weighted by Gasteiger charge is 2.05. The number of pyridine rings is 1. The minimum absolute atomic E-state index is 0.306. The van der Waals surface area contributed by atoms with E-state index in [1.165, 1.54) is 5.56 Å². The van der Waals surface area contributed by atoms with Gasteiger partial charge in [0.15, 0.2) is 0 Å². The fourth-order valence-corrected chi connectivity index (χ4v) is 1.86. The Labute approximate surface area is 107 Å². The van der Waals surface area contributed by atoms with Gasteiger partial charge >= 0.3 is 0 Å². The molecule has 0 aliphatic heterocycles. The van der Waals surface area contributed by atoms with Gasteiger partial charge in [0.25, 0.3) is 0 Å². The van der Waals surface area contributed by atoms with E-state index in [1.807, 2.05) is 24.3 Å². The molecule has 2 nitrogen and oxygen atoms in total. The van der Waals surface area contributed by atoms with Crippen LogP contribution in [0.15, 0.2) is 48.8 Å². The van der Waals surface area contributed by atoms with Gasteiger partial charge < -0.3 is 5.32 Å². The van der Waals surface area contributed by atoms with Crippen LogP contribution in [0.5, 0.6) is 0 Å². The van der Waals surface area contributed by atoms with E-state index in [9.17, 15) is 0 Å². The zero-order chi connectivity index (χ0) is 12.1. The van der Waals surface area contributed by atoms with Gasteiger partial charge in [0, 0.05) is 25.0 Å². The van der Waals surface area contributed by atoms with Crippen molar-refractivity contribution < 1.29 is 0 Å². The average Bonchev–Trinajstić information content (AvgIpc) is 2.38. The van der Waals surface area contributed by atoms with Gasteiger partial charge in [-0.1, -0.05) is 41.9 Å². The quantitative estimate of drug-likeness (QED) is 0.892. The summed E-state index contributed by atoms with van der Waals surface area (Å²) in [5, 5.41) is 4.15. The highest BCUT2D eigenvalue weighted by Crippen LogP contribution is 2.16. The number of hydrogen-bond donors (Lipinski definition) is 1. The van der Waals surface area contributed by atoms with Crippen molar-refractivity contribution in [2.24, 2.45) is 0 Å². The number of nitrogens with zero attached hydrogens (tertiary/aromatic N) is 1. The SMILES string of the molecule is C[C@H](NCc1ccncc1Cl)c1ccccc1. The van der Waals surface area contributed by atoms with Crippen molar-refractivity contribution in [2.45, 2.75) is 19.5 Å². The van der Waals surface area contributed by atoms with Crippen LogP contribution < -0.4 is 5.32 Å².